The molecule has 0 bridgehead atoms. The summed E-state index contributed by atoms with van der Waals surface area (Å²) in [6.07, 6.45) is 2.33. The van der Waals surface area contributed by atoms with Crippen molar-refractivity contribution in [3.63, 3.8) is 0 Å². The van der Waals surface area contributed by atoms with Crippen LogP contribution in [0.5, 0.6) is 0 Å². The maximum absolute atomic E-state index is 11.1. The van der Waals surface area contributed by atoms with Crippen LogP contribution in [0.15, 0.2) is 0 Å². The number of hydrogen-bond acceptors (Lipinski definition) is 1. The Hall–Kier alpha value is 0. The van der Waals surface area contributed by atoms with Crippen molar-refractivity contribution in [3.05, 3.63) is 0 Å². The van der Waals surface area contributed by atoms with Crippen LogP contribution in [0.1, 0.15) is 12.8 Å². The van der Waals surface area contributed by atoms with Crippen LogP contribution < -0.4 is 5.32 Å². The number of likely N-dealkylation sites (N-methyl/N-ethyl adjacent to an activating group) is 1. The molecular weight excluding hydrogens is 243 g/mol. The van der Waals surface area contributed by atoms with Gasteiger partial charge in [0.2, 0.25) is 0 Å². The molecular formula is C6H9IN2O. The Balaban J connectivity index is 2.27. The minimum atomic E-state index is 0.0805. The van der Waals surface area contributed by atoms with Gasteiger partial charge in [0, 0.05) is 7.05 Å². The summed E-state index contributed by atoms with van der Waals surface area (Å²) in [6, 6.07) is 0.0805. The molecule has 1 aliphatic heterocycles. The molecule has 0 aromatic rings. The summed E-state index contributed by atoms with van der Waals surface area (Å²) in [4.78, 5) is 12.9. The Morgan fingerprint density at radius 3 is 2.60 bits per heavy atom. The van der Waals surface area contributed by atoms with Gasteiger partial charge >= 0.3 is 6.03 Å². The van der Waals surface area contributed by atoms with E-state index < -0.39 is 0 Å². The summed E-state index contributed by atoms with van der Waals surface area (Å²) in [5, 5.41) is 2.89. The molecule has 3 nitrogen and oxygen atoms in total. The van der Waals surface area contributed by atoms with Crippen LogP contribution in [-0.4, -0.2) is 27.6 Å². The first kappa shape index (κ1) is 6.69. The summed E-state index contributed by atoms with van der Waals surface area (Å²) in [5.74, 6) is 0. The van der Waals surface area contributed by atoms with E-state index >= 15 is 0 Å². The molecule has 10 heavy (non-hydrogen) atoms. The number of rotatable bonds is 0. The molecule has 1 spiro atoms. The quantitative estimate of drug-likeness (QED) is 0.388. The monoisotopic (exact) mass is 252 g/mol. The summed E-state index contributed by atoms with van der Waals surface area (Å²) in [5.41, 5.74) is 0.192. The predicted molar refractivity (Wildman–Crippen MR) is 46.1 cm³/mol. The minimum Gasteiger partial charge on any atom is -0.324 e. The molecule has 1 saturated heterocycles. The lowest BCUT2D eigenvalue weighted by atomic mass is 10.3. The van der Waals surface area contributed by atoms with E-state index in [1.807, 2.05) is 11.9 Å². The first-order valence-electron chi connectivity index (χ1n) is 3.35. The summed E-state index contributed by atoms with van der Waals surface area (Å²) in [7, 11) is 1.88. The second-order valence-corrected chi connectivity index (χ2v) is 4.22. The fraction of sp³-hybridized carbons (Fsp3) is 0.833. The van der Waals surface area contributed by atoms with Crippen molar-refractivity contribution in [2.24, 2.45) is 0 Å². The van der Waals surface area contributed by atoms with Gasteiger partial charge in [0.15, 0.2) is 0 Å². The van der Waals surface area contributed by atoms with Crippen molar-refractivity contribution >= 4 is 28.6 Å². The number of hydrogen-bond donors (Lipinski definition) is 1. The number of nitrogens with one attached hydrogen (secondary N) is 1. The van der Waals surface area contributed by atoms with Gasteiger partial charge in [0.25, 0.3) is 0 Å². The standard InChI is InChI=1S/C6H9IN2O/c1-9-5(10)8-4(7)6(9)2-3-6/h4H,2-3H2,1H3,(H,8,10). The second kappa shape index (κ2) is 1.78. The van der Waals surface area contributed by atoms with Gasteiger partial charge in [-0.2, -0.15) is 0 Å². The third kappa shape index (κ3) is 0.627. The zero-order valence-electron chi connectivity index (χ0n) is 5.72. The third-order valence-electron chi connectivity index (χ3n) is 2.46. The summed E-state index contributed by atoms with van der Waals surface area (Å²) in [6.45, 7) is 0. The first-order valence-corrected chi connectivity index (χ1v) is 4.60. The third-order valence-corrected chi connectivity index (χ3v) is 3.93. The van der Waals surface area contributed by atoms with Crippen LogP contribution in [0.3, 0.4) is 0 Å². The van der Waals surface area contributed by atoms with E-state index in [-0.39, 0.29) is 11.6 Å². The number of carbonyl (C=O) groups excluding carboxylic acids is 1. The molecule has 1 saturated carbocycles. The fourth-order valence-electron chi connectivity index (χ4n) is 1.43. The smallest absolute Gasteiger partial charge is 0.318 e. The Labute approximate surface area is 73.3 Å². The minimum absolute atomic E-state index is 0.0805. The molecule has 2 aliphatic rings. The van der Waals surface area contributed by atoms with Crippen molar-refractivity contribution in [2.45, 2.75) is 22.4 Å². The van der Waals surface area contributed by atoms with Crippen molar-refractivity contribution in [1.29, 1.82) is 0 Å². The van der Waals surface area contributed by atoms with Crippen LogP contribution in [-0.2, 0) is 0 Å². The van der Waals surface area contributed by atoms with Crippen molar-refractivity contribution < 1.29 is 4.79 Å². The van der Waals surface area contributed by atoms with E-state index in [4.69, 9.17) is 0 Å². The number of nitrogens with zero attached hydrogens (tertiary/aromatic N) is 1. The van der Waals surface area contributed by atoms with E-state index in [9.17, 15) is 4.79 Å². The topological polar surface area (TPSA) is 32.3 Å². The Bertz CT molecular complexity index is 190. The molecule has 1 N–H and O–H groups in total. The molecule has 2 rings (SSSR count). The largest absolute Gasteiger partial charge is 0.324 e. The summed E-state index contributed by atoms with van der Waals surface area (Å²) >= 11 is 2.29. The van der Waals surface area contributed by atoms with Crippen molar-refractivity contribution in [2.75, 3.05) is 7.05 Å². The van der Waals surface area contributed by atoms with E-state index in [0.717, 1.165) is 12.8 Å². The van der Waals surface area contributed by atoms with Gasteiger partial charge in [-0.1, -0.05) is 22.6 Å². The molecule has 1 unspecified atom stereocenters. The number of alkyl halides is 1. The number of halogens is 1. The second-order valence-electron chi connectivity index (χ2n) is 2.97. The predicted octanol–water partition coefficient (Wildman–Crippen LogP) is 0.935. The van der Waals surface area contributed by atoms with Crippen molar-refractivity contribution in [1.82, 2.24) is 10.2 Å². The van der Waals surface area contributed by atoms with Gasteiger partial charge in [0.1, 0.15) is 4.05 Å². The molecule has 1 heterocycles. The molecule has 1 aliphatic carbocycles. The molecule has 1 atom stereocenters. The van der Waals surface area contributed by atoms with E-state index in [1.165, 1.54) is 0 Å². The van der Waals surface area contributed by atoms with Gasteiger partial charge in [-0.05, 0) is 12.8 Å². The van der Waals surface area contributed by atoms with Crippen LogP contribution in [0.4, 0.5) is 4.79 Å². The van der Waals surface area contributed by atoms with Crippen LogP contribution in [0.25, 0.3) is 0 Å². The molecule has 0 radical (unpaired) electrons. The molecule has 0 aromatic carbocycles. The maximum atomic E-state index is 11.1. The van der Waals surface area contributed by atoms with E-state index in [1.54, 1.807) is 0 Å². The van der Waals surface area contributed by atoms with Crippen molar-refractivity contribution in [3.8, 4) is 0 Å². The highest BCUT2D eigenvalue weighted by molar-refractivity contribution is 14.1. The maximum Gasteiger partial charge on any atom is 0.318 e. The lowest BCUT2D eigenvalue weighted by Gasteiger charge is -2.17. The van der Waals surface area contributed by atoms with Gasteiger partial charge in [-0.25, -0.2) is 4.79 Å². The fourth-order valence-corrected chi connectivity index (χ4v) is 2.74. The Morgan fingerprint density at radius 2 is 2.40 bits per heavy atom. The van der Waals surface area contributed by atoms with Crippen LogP contribution in [0.2, 0.25) is 0 Å². The Morgan fingerprint density at radius 1 is 1.80 bits per heavy atom. The SMILES string of the molecule is CN1C(=O)NC(I)C12CC2. The zero-order valence-corrected chi connectivity index (χ0v) is 7.88. The molecule has 2 amide bonds. The molecule has 0 aromatic heterocycles. The van der Waals surface area contributed by atoms with Gasteiger partial charge < -0.3 is 10.2 Å². The number of amides is 2. The zero-order chi connectivity index (χ0) is 7.35. The molecule has 56 valence electrons. The lowest BCUT2D eigenvalue weighted by molar-refractivity contribution is 0.213. The highest BCUT2D eigenvalue weighted by Crippen LogP contribution is 2.48. The van der Waals surface area contributed by atoms with E-state index in [0.29, 0.717) is 4.05 Å². The van der Waals surface area contributed by atoms with Gasteiger partial charge in [0.05, 0.1) is 5.54 Å². The Kier molecular flexibility index (Phi) is 1.19. The van der Waals surface area contributed by atoms with Crippen LogP contribution in [0, 0.1) is 0 Å². The van der Waals surface area contributed by atoms with Gasteiger partial charge in [-0.15, -0.1) is 0 Å². The average Bonchev–Trinajstić information content (AvgIpc) is 2.61. The number of urea groups is 1. The lowest BCUT2D eigenvalue weighted by Crippen LogP contribution is -2.33. The average molecular weight is 252 g/mol. The van der Waals surface area contributed by atoms with Crippen LogP contribution >= 0.6 is 22.6 Å². The van der Waals surface area contributed by atoms with E-state index in [2.05, 4.69) is 27.9 Å². The number of carbonyl (C=O) groups is 1. The normalized spacial score (nSPS) is 34.8. The summed E-state index contributed by atoms with van der Waals surface area (Å²) < 4.78 is 0.322. The highest BCUT2D eigenvalue weighted by atomic mass is 127. The highest BCUT2D eigenvalue weighted by Gasteiger charge is 2.58. The molecule has 4 heteroatoms. The van der Waals surface area contributed by atoms with Gasteiger partial charge in [-0.3, -0.25) is 0 Å². The first-order chi connectivity index (χ1) is 4.67. The molecule has 2 fully saturated rings.